The van der Waals surface area contributed by atoms with Crippen molar-refractivity contribution in [3.05, 3.63) is 63.6 Å². The quantitative estimate of drug-likeness (QED) is 0.492. The summed E-state index contributed by atoms with van der Waals surface area (Å²) in [6, 6.07) is 12.2. The maximum absolute atomic E-state index is 13.1. The molecule has 5 nitrogen and oxygen atoms in total. The van der Waals surface area contributed by atoms with Crippen LogP contribution in [0.1, 0.15) is 44.7 Å². The molecule has 1 N–H and O–H groups in total. The number of rotatable bonds is 11. The highest BCUT2D eigenvalue weighted by Crippen LogP contribution is 2.24. The van der Waals surface area contributed by atoms with Crippen molar-refractivity contribution in [2.24, 2.45) is 0 Å². The van der Waals surface area contributed by atoms with Gasteiger partial charge in [-0.25, -0.2) is 0 Å². The Morgan fingerprint density at radius 3 is 2.26 bits per heavy atom. The molecule has 31 heavy (non-hydrogen) atoms. The number of amides is 2. The lowest BCUT2D eigenvalue weighted by Crippen LogP contribution is -2.50. The molecule has 0 aliphatic rings. The van der Waals surface area contributed by atoms with E-state index in [1.807, 2.05) is 38.1 Å². The van der Waals surface area contributed by atoms with E-state index in [4.69, 9.17) is 27.9 Å². The van der Waals surface area contributed by atoms with E-state index >= 15 is 0 Å². The number of aryl methyl sites for hydroxylation is 1. The molecule has 0 spiro atoms. The Balaban J connectivity index is 2.19. The van der Waals surface area contributed by atoms with Gasteiger partial charge < -0.3 is 15.0 Å². The molecule has 0 unspecified atom stereocenters. The SMILES string of the molecule is CCCNC(=O)[C@H](CC)N(Cc1ccc(Cl)c(Cl)c1)C(=O)COc1ccc(CC)cc1. The predicted molar refractivity (Wildman–Crippen MR) is 126 cm³/mol. The molecule has 0 saturated carbocycles. The molecule has 2 aromatic rings. The topological polar surface area (TPSA) is 58.6 Å². The second-order valence-electron chi connectivity index (χ2n) is 7.27. The zero-order valence-corrected chi connectivity index (χ0v) is 19.8. The van der Waals surface area contributed by atoms with E-state index in [0.29, 0.717) is 28.8 Å². The molecule has 1 atom stereocenters. The van der Waals surface area contributed by atoms with Crippen molar-refractivity contribution in [3.63, 3.8) is 0 Å². The van der Waals surface area contributed by atoms with Crippen LogP contribution in [0.4, 0.5) is 0 Å². The third-order valence-electron chi connectivity index (χ3n) is 4.97. The largest absolute Gasteiger partial charge is 0.484 e. The molecular weight excluding hydrogens is 435 g/mol. The van der Waals surface area contributed by atoms with Crippen molar-refractivity contribution in [2.45, 2.75) is 52.6 Å². The summed E-state index contributed by atoms with van der Waals surface area (Å²) < 4.78 is 5.71. The summed E-state index contributed by atoms with van der Waals surface area (Å²) in [6.45, 7) is 6.57. The van der Waals surface area contributed by atoms with E-state index in [9.17, 15) is 9.59 Å². The Morgan fingerprint density at radius 2 is 1.68 bits per heavy atom. The molecule has 0 bridgehead atoms. The first-order valence-corrected chi connectivity index (χ1v) is 11.4. The molecule has 0 fully saturated rings. The standard InChI is InChI=1S/C24H30Cl2N2O3/c1-4-13-27-24(30)22(6-3)28(15-18-9-12-20(25)21(26)14-18)23(29)16-31-19-10-7-17(5-2)8-11-19/h7-12,14,22H,4-6,13,15-16H2,1-3H3,(H,27,30)/t22-/m0/s1. The number of hydrogen-bond donors (Lipinski definition) is 1. The van der Waals surface area contributed by atoms with Gasteiger partial charge in [0.25, 0.3) is 5.91 Å². The van der Waals surface area contributed by atoms with Crippen molar-refractivity contribution in [1.82, 2.24) is 10.2 Å². The van der Waals surface area contributed by atoms with Crippen molar-refractivity contribution >= 4 is 35.0 Å². The van der Waals surface area contributed by atoms with Gasteiger partial charge in [-0.2, -0.15) is 0 Å². The fourth-order valence-electron chi connectivity index (χ4n) is 3.17. The van der Waals surface area contributed by atoms with Crippen LogP contribution in [0.2, 0.25) is 10.0 Å². The van der Waals surface area contributed by atoms with Crippen molar-refractivity contribution in [3.8, 4) is 5.75 Å². The fourth-order valence-corrected chi connectivity index (χ4v) is 3.49. The number of benzene rings is 2. The molecule has 0 aliphatic heterocycles. The third kappa shape index (κ3) is 7.44. The molecule has 0 radical (unpaired) electrons. The smallest absolute Gasteiger partial charge is 0.261 e. The van der Waals surface area contributed by atoms with Gasteiger partial charge in [0.05, 0.1) is 10.0 Å². The fraction of sp³-hybridized carbons (Fsp3) is 0.417. The minimum absolute atomic E-state index is 0.162. The second kappa shape index (κ2) is 12.6. The molecule has 7 heteroatoms. The van der Waals surface area contributed by atoms with Crippen LogP contribution in [-0.4, -0.2) is 35.9 Å². The molecule has 168 valence electrons. The van der Waals surface area contributed by atoms with Crippen LogP contribution in [0.3, 0.4) is 0 Å². The van der Waals surface area contributed by atoms with Crippen LogP contribution < -0.4 is 10.1 Å². The van der Waals surface area contributed by atoms with Gasteiger partial charge >= 0.3 is 0 Å². The Kier molecular flexibility index (Phi) is 10.2. The van der Waals surface area contributed by atoms with Gasteiger partial charge in [0.1, 0.15) is 11.8 Å². The summed E-state index contributed by atoms with van der Waals surface area (Å²) in [4.78, 5) is 27.4. The minimum atomic E-state index is -0.612. The average Bonchev–Trinajstić information content (AvgIpc) is 2.78. The lowest BCUT2D eigenvalue weighted by atomic mass is 10.1. The van der Waals surface area contributed by atoms with Crippen LogP contribution in [0.15, 0.2) is 42.5 Å². The first kappa shape index (κ1) is 25.0. The number of hydrogen-bond acceptors (Lipinski definition) is 3. The summed E-state index contributed by atoms with van der Waals surface area (Å²) in [7, 11) is 0. The van der Waals surface area contributed by atoms with Crippen molar-refractivity contribution < 1.29 is 14.3 Å². The predicted octanol–water partition coefficient (Wildman–Crippen LogP) is 5.27. The normalized spacial score (nSPS) is 11.6. The summed E-state index contributed by atoms with van der Waals surface area (Å²) in [5.74, 6) is 0.165. The third-order valence-corrected chi connectivity index (χ3v) is 5.71. The maximum atomic E-state index is 13.1. The highest BCUT2D eigenvalue weighted by molar-refractivity contribution is 6.42. The highest BCUT2D eigenvalue weighted by atomic mass is 35.5. The lowest BCUT2D eigenvalue weighted by molar-refractivity contribution is -0.143. The average molecular weight is 465 g/mol. The van der Waals surface area contributed by atoms with E-state index in [1.54, 1.807) is 23.1 Å². The van der Waals surface area contributed by atoms with Gasteiger partial charge in [0.2, 0.25) is 5.91 Å². The molecule has 0 aliphatic carbocycles. The van der Waals surface area contributed by atoms with Crippen LogP contribution in [-0.2, 0) is 22.6 Å². The van der Waals surface area contributed by atoms with Gasteiger partial charge in [-0.15, -0.1) is 0 Å². The monoisotopic (exact) mass is 464 g/mol. The van der Waals surface area contributed by atoms with Crippen molar-refractivity contribution in [2.75, 3.05) is 13.2 Å². The minimum Gasteiger partial charge on any atom is -0.484 e. The summed E-state index contributed by atoms with van der Waals surface area (Å²) >= 11 is 12.2. The van der Waals surface area contributed by atoms with Gasteiger partial charge in [0, 0.05) is 13.1 Å². The first-order valence-electron chi connectivity index (χ1n) is 10.6. The van der Waals surface area contributed by atoms with Gasteiger partial charge in [0.15, 0.2) is 6.61 Å². The summed E-state index contributed by atoms with van der Waals surface area (Å²) in [5.41, 5.74) is 1.98. The molecule has 0 saturated heterocycles. The van der Waals surface area contributed by atoms with Gasteiger partial charge in [-0.3, -0.25) is 9.59 Å². The number of nitrogens with one attached hydrogen (secondary N) is 1. The van der Waals surface area contributed by atoms with Crippen LogP contribution in [0.25, 0.3) is 0 Å². The Morgan fingerprint density at radius 1 is 1.00 bits per heavy atom. The van der Waals surface area contributed by atoms with E-state index in [2.05, 4.69) is 12.2 Å². The van der Waals surface area contributed by atoms with Gasteiger partial charge in [-0.05, 0) is 54.7 Å². The zero-order chi connectivity index (χ0) is 22.8. The Bertz CT molecular complexity index is 872. The molecular formula is C24H30Cl2N2O3. The molecule has 2 rings (SSSR count). The maximum Gasteiger partial charge on any atom is 0.261 e. The van der Waals surface area contributed by atoms with E-state index in [1.165, 1.54) is 5.56 Å². The molecule has 2 aromatic carbocycles. The van der Waals surface area contributed by atoms with E-state index < -0.39 is 6.04 Å². The van der Waals surface area contributed by atoms with E-state index in [0.717, 1.165) is 18.4 Å². The second-order valence-corrected chi connectivity index (χ2v) is 8.09. The number of carbonyl (C=O) groups excluding carboxylic acids is 2. The first-order chi connectivity index (χ1) is 14.9. The summed E-state index contributed by atoms with van der Waals surface area (Å²) in [5, 5.41) is 3.74. The van der Waals surface area contributed by atoms with Crippen LogP contribution >= 0.6 is 23.2 Å². The molecule has 0 heterocycles. The van der Waals surface area contributed by atoms with Crippen LogP contribution in [0, 0.1) is 0 Å². The number of ether oxygens (including phenoxy) is 1. The van der Waals surface area contributed by atoms with Crippen LogP contribution in [0.5, 0.6) is 5.75 Å². The number of carbonyl (C=O) groups is 2. The number of nitrogens with zero attached hydrogens (tertiary/aromatic N) is 1. The highest BCUT2D eigenvalue weighted by Gasteiger charge is 2.28. The van der Waals surface area contributed by atoms with Gasteiger partial charge in [-0.1, -0.05) is 62.2 Å². The van der Waals surface area contributed by atoms with E-state index in [-0.39, 0.29) is 25.0 Å². The Labute approximate surface area is 194 Å². The number of halogens is 2. The zero-order valence-electron chi connectivity index (χ0n) is 18.3. The molecule has 0 aromatic heterocycles. The Hall–Kier alpha value is -2.24. The van der Waals surface area contributed by atoms with Crippen molar-refractivity contribution in [1.29, 1.82) is 0 Å². The molecule has 2 amide bonds. The summed E-state index contributed by atoms with van der Waals surface area (Å²) in [6.07, 6.45) is 2.23. The lowest BCUT2D eigenvalue weighted by Gasteiger charge is -2.30.